The van der Waals surface area contributed by atoms with E-state index in [9.17, 15) is 0 Å². The molecule has 1 aromatic rings. The second-order valence-electron chi connectivity index (χ2n) is 5.09. The number of ether oxygens (including phenoxy) is 1. The zero-order valence-corrected chi connectivity index (χ0v) is 11.4. The highest BCUT2D eigenvalue weighted by atomic mass is 16.5. The van der Waals surface area contributed by atoms with Gasteiger partial charge in [0.1, 0.15) is 5.75 Å². The number of unbranched alkanes of at least 4 members (excludes halogenated alkanes) is 1. The van der Waals surface area contributed by atoms with Crippen LogP contribution in [0.15, 0.2) is 24.3 Å². The van der Waals surface area contributed by atoms with Crippen molar-refractivity contribution in [3.63, 3.8) is 0 Å². The molecule has 1 atom stereocenters. The van der Waals surface area contributed by atoms with Gasteiger partial charge in [-0.3, -0.25) is 0 Å². The predicted octanol–water partition coefficient (Wildman–Crippen LogP) is 3.49. The first kappa shape index (κ1) is 13.4. The highest BCUT2D eigenvalue weighted by Crippen LogP contribution is 2.32. The van der Waals surface area contributed by atoms with Crippen molar-refractivity contribution in [3.8, 4) is 5.75 Å². The van der Waals surface area contributed by atoms with Crippen LogP contribution in [0.5, 0.6) is 5.75 Å². The number of methoxy groups -OCH3 is 1. The second-order valence-corrected chi connectivity index (χ2v) is 5.09. The fourth-order valence-corrected chi connectivity index (χ4v) is 2.85. The first-order chi connectivity index (χ1) is 8.85. The molecule has 0 aliphatic carbocycles. The van der Waals surface area contributed by atoms with E-state index < -0.39 is 0 Å². The maximum absolute atomic E-state index is 5.49. The van der Waals surface area contributed by atoms with Gasteiger partial charge < -0.3 is 9.64 Å². The predicted molar refractivity (Wildman–Crippen MR) is 76.0 cm³/mol. The molecule has 1 aromatic carbocycles. The Kier molecular flexibility index (Phi) is 5.06. The molecule has 2 heteroatoms. The molecule has 2 nitrogen and oxygen atoms in total. The van der Waals surface area contributed by atoms with Gasteiger partial charge in [0.25, 0.3) is 0 Å². The molecule has 1 saturated heterocycles. The Bertz CT molecular complexity index is 364. The summed E-state index contributed by atoms with van der Waals surface area (Å²) < 4.78 is 5.49. The molecule has 0 bridgehead atoms. The maximum atomic E-state index is 5.49. The van der Waals surface area contributed by atoms with Crippen molar-refractivity contribution in [2.24, 2.45) is 0 Å². The minimum absolute atomic E-state index is 0.625. The van der Waals surface area contributed by atoms with E-state index in [4.69, 9.17) is 4.74 Å². The molecule has 0 amide bonds. The Morgan fingerprint density at radius 1 is 1.39 bits per heavy atom. The maximum Gasteiger partial charge on any atom is 0.122 e. The lowest BCUT2D eigenvalue weighted by Gasteiger charge is -2.33. The summed E-state index contributed by atoms with van der Waals surface area (Å²) >= 11 is 0. The van der Waals surface area contributed by atoms with E-state index in [1.54, 1.807) is 7.11 Å². The van der Waals surface area contributed by atoms with Crippen LogP contribution in [-0.2, 0) is 0 Å². The molecule has 1 aliphatic heterocycles. The largest absolute Gasteiger partial charge is 0.496 e. The lowest BCUT2D eigenvalue weighted by molar-refractivity contribution is 0.204. The number of hydrogen-bond donors (Lipinski definition) is 0. The van der Waals surface area contributed by atoms with Crippen LogP contribution in [0.3, 0.4) is 0 Å². The minimum atomic E-state index is 0.625. The van der Waals surface area contributed by atoms with Gasteiger partial charge in [-0.05, 0) is 44.0 Å². The zero-order valence-electron chi connectivity index (χ0n) is 11.4. The average Bonchev–Trinajstić information content (AvgIpc) is 2.45. The first-order valence-corrected chi connectivity index (χ1v) is 6.99. The van der Waals surface area contributed by atoms with Gasteiger partial charge in [-0.25, -0.2) is 0 Å². The van der Waals surface area contributed by atoms with Crippen LogP contribution >= 0.6 is 0 Å². The molecule has 1 unspecified atom stereocenters. The van der Waals surface area contributed by atoms with Crippen molar-refractivity contribution in [1.82, 2.24) is 4.90 Å². The van der Waals surface area contributed by atoms with Crippen LogP contribution in [-0.4, -0.2) is 31.6 Å². The van der Waals surface area contributed by atoms with E-state index in [1.807, 2.05) is 6.07 Å². The molecule has 0 saturated carbocycles. The number of hydrogen-bond acceptors (Lipinski definition) is 2. The molecule has 1 radical (unpaired) electrons. The first-order valence-electron chi connectivity index (χ1n) is 6.99. The highest BCUT2D eigenvalue weighted by Gasteiger charge is 2.22. The van der Waals surface area contributed by atoms with Crippen molar-refractivity contribution in [1.29, 1.82) is 0 Å². The monoisotopic (exact) mass is 246 g/mol. The Balaban J connectivity index is 2.03. The summed E-state index contributed by atoms with van der Waals surface area (Å²) in [6, 6.07) is 8.46. The lowest BCUT2D eigenvalue weighted by Crippen LogP contribution is -2.35. The standard InChI is InChI=1S/C16H24NO/c1-3-4-11-17-12-7-8-14(13-17)15-9-5-6-10-16(15)18-2/h5-6,9-10,14H,1,3-4,7-8,11-13H2,2H3. The summed E-state index contributed by atoms with van der Waals surface area (Å²) in [5.41, 5.74) is 1.37. The van der Waals surface area contributed by atoms with Gasteiger partial charge in [0, 0.05) is 12.5 Å². The van der Waals surface area contributed by atoms with E-state index in [2.05, 4.69) is 30.0 Å². The van der Waals surface area contributed by atoms with Gasteiger partial charge >= 0.3 is 0 Å². The zero-order chi connectivity index (χ0) is 12.8. The van der Waals surface area contributed by atoms with Gasteiger partial charge in [0.05, 0.1) is 7.11 Å². The summed E-state index contributed by atoms with van der Waals surface area (Å²) in [4.78, 5) is 2.58. The highest BCUT2D eigenvalue weighted by molar-refractivity contribution is 5.36. The molecular formula is C16H24NO. The average molecular weight is 246 g/mol. The molecule has 0 aromatic heterocycles. The summed E-state index contributed by atoms with van der Waals surface area (Å²) in [6.07, 6.45) is 4.82. The minimum Gasteiger partial charge on any atom is -0.496 e. The van der Waals surface area contributed by atoms with Gasteiger partial charge in [-0.1, -0.05) is 31.5 Å². The number of nitrogens with zero attached hydrogens (tertiary/aromatic N) is 1. The summed E-state index contributed by atoms with van der Waals surface area (Å²) in [6.45, 7) is 7.53. The smallest absolute Gasteiger partial charge is 0.122 e. The number of benzene rings is 1. The van der Waals surface area contributed by atoms with Crippen molar-refractivity contribution >= 4 is 0 Å². The lowest BCUT2D eigenvalue weighted by atomic mass is 9.90. The molecule has 2 rings (SSSR count). The SMILES string of the molecule is [CH2]CCCN1CCCC(c2ccccc2OC)C1. The van der Waals surface area contributed by atoms with Crippen LogP contribution in [0.4, 0.5) is 0 Å². The van der Waals surface area contributed by atoms with Crippen LogP contribution in [0.2, 0.25) is 0 Å². The van der Waals surface area contributed by atoms with E-state index in [1.165, 1.54) is 44.5 Å². The van der Waals surface area contributed by atoms with E-state index >= 15 is 0 Å². The number of likely N-dealkylation sites (tertiary alicyclic amines) is 1. The molecule has 1 aliphatic rings. The third-order valence-corrected chi connectivity index (χ3v) is 3.81. The molecule has 1 heterocycles. The summed E-state index contributed by atoms with van der Waals surface area (Å²) in [5.74, 6) is 1.67. The van der Waals surface area contributed by atoms with Crippen molar-refractivity contribution in [2.75, 3.05) is 26.7 Å². The molecular weight excluding hydrogens is 222 g/mol. The van der Waals surface area contributed by atoms with Crippen LogP contribution in [0, 0.1) is 6.92 Å². The van der Waals surface area contributed by atoms with Crippen molar-refractivity contribution in [2.45, 2.75) is 31.6 Å². The Labute approximate surface area is 111 Å². The fraction of sp³-hybridized carbons (Fsp3) is 0.562. The van der Waals surface area contributed by atoms with Crippen molar-refractivity contribution in [3.05, 3.63) is 36.8 Å². The molecule has 0 N–H and O–H groups in total. The topological polar surface area (TPSA) is 12.5 Å². The van der Waals surface area contributed by atoms with Crippen molar-refractivity contribution < 1.29 is 4.74 Å². The van der Waals surface area contributed by atoms with Gasteiger partial charge in [0.2, 0.25) is 0 Å². The Morgan fingerprint density at radius 2 is 2.22 bits per heavy atom. The van der Waals surface area contributed by atoms with Gasteiger partial charge in [-0.15, -0.1) is 0 Å². The molecule has 0 spiro atoms. The molecule has 18 heavy (non-hydrogen) atoms. The van der Waals surface area contributed by atoms with E-state index in [-0.39, 0.29) is 0 Å². The van der Waals surface area contributed by atoms with Gasteiger partial charge in [0.15, 0.2) is 0 Å². The molecule has 99 valence electrons. The number of rotatable bonds is 5. The molecule has 1 fully saturated rings. The van der Waals surface area contributed by atoms with Crippen LogP contribution in [0.25, 0.3) is 0 Å². The fourth-order valence-electron chi connectivity index (χ4n) is 2.85. The van der Waals surface area contributed by atoms with E-state index in [0.717, 1.165) is 12.2 Å². The van der Waals surface area contributed by atoms with Gasteiger partial charge in [-0.2, -0.15) is 0 Å². The second kappa shape index (κ2) is 6.79. The summed E-state index contributed by atoms with van der Waals surface area (Å²) in [7, 11) is 1.77. The van der Waals surface area contributed by atoms with Crippen LogP contribution < -0.4 is 4.74 Å². The number of piperidine rings is 1. The normalized spacial score (nSPS) is 20.9. The third-order valence-electron chi connectivity index (χ3n) is 3.81. The Morgan fingerprint density at radius 3 is 3.00 bits per heavy atom. The quantitative estimate of drug-likeness (QED) is 0.788. The number of para-hydroxylation sites is 1. The van der Waals surface area contributed by atoms with E-state index in [0.29, 0.717) is 5.92 Å². The summed E-state index contributed by atoms with van der Waals surface area (Å²) in [5, 5.41) is 0. The Hall–Kier alpha value is -1.02. The third kappa shape index (κ3) is 3.26. The van der Waals surface area contributed by atoms with Crippen LogP contribution in [0.1, 0.15) is 37.2 Å².